The maximum atomic E-state index is 4.57. The van der Waals surface area contributed by atoms with E-state index in [2.05, 4.69) is 43.1 Å². The fourth-order valence-corrected chi connectivity index (χ4v) is 3.35. The monoisotopic (exact) mass is 237 g/mol. The first-order valence-electron chi connectivity index (χ1n) is 5.16. The van der Waals surface area contributed by atoms with Crippen LogP contribution in [0.2, 0.25) is 0 Å². The van der Waals surface area contributed by atoms with Gasteiger partial charge in [0.1, 0.15) is 4.38 Å². The Balaban J connectivity index is 2.00. The van der Waals surface area contributed by atoms with Crippen LogP contribution in [0.4, 0.5) is 0 Å². The maximum Gasteiger partial charge on any atom is 0.129 e. The van der Waals surface area contributed by atoms with E-state index in [4.69, 9.17) is 0 Å². The molecule has 0 aromatic heterocycles. The fourth-order valence-electron chi connectivity index (χ4n) is 1.31. The summed E-state index contributed by atoms with van der Waals surface area (Å²) >= 11 is 3.67. The van der Waals surface area contributed by atoms with Crippen LogP contribution in [0.25, 0.3) is 0 Å². The van der Waals surface area contributed by atoms with Gasteiger partial charge in [-0.25, -0.2) is 0 Å². The van der Waals surface area contributed by atoms with Crippen LogP contribution in [0, 0.1) is 12.8 Å². The lowest BCUT2D eigenvalue weighted by molar-refractivity contribution is 0.675. The fraction of sp³-hybridized carbons (Fsp3) is 0.417. The van der Waals surface area contributed by atoms with Gasteiger partial charge in [-0.05, 0) is 25.0 Å². The van der Waals surface area contributed by atoms with Gasteiger partial charge in [-0.3, -0.25) is 4.99 Å². The van der Waals surface area contributed by atoms with Gasteiger partial charge in [0, 0.05) is 17.2 Å². The van der Waals surface area contributed by atoms with E-state index >= 15 is 0 Å². The molecule has 15 heavy (non-hydrogen) atoms. The molecule has 1 atom stereocenters. The van der Waals surface area contributed by atoms with Crippen molar-refractivity contribution < 1.29 is 0 Å². The van der Waals surface area contributed by atoms with Crippen molar-refractivity contribution in [1.82, 2.24) is 0 Å². The third-order valence-corrected chi connectivity index (χ3v) is 4.78. The Kier molecular flexibility index (Phi) is 3.76. The Hall–Kier alpha value is -0.410. The van der Waals surface area contributed by atoms with Crippen molar-refractivity contribution in [3.05, 3.63) is 29.8 Å². The highest BCUT2D eigenvalue weighted by Gasteiger charge is 2.12. The molecule has 1 aromatic carbocycles. The minimum Gasteiger partial charge on any atom is -0.271 e. The van der Waals surface area contributed by atoms with Gasteiger partial charge in [-0.1, -0.05) is 48.1 Å². The molecule has 1 aliphatic heterocycles. The average molecular weight is 237 g/mol. The van der Waals surface area contributed by atoms with Crippen LogP contribution in [0.3, 0.4) is 0 Å². The standard InChI is InChI=1S/C12H15NS2/c1-9-3-5-11(6-4-9)15-12-13-7-10(2)8-14-12/h3-6,10H,7-8H2,1-2H3. The lowest BCUT2D eigenvalue weighted by Crippen LogP contribution is -2.10. The molecule has 0 spiro atoms. The molecule has 0 saturated carbocycles. The zero-order valence-corrected chi connectivity index (χ0v) is 10.7. The van der Waals surface area contributed by atoms with E-state index in [0.29, 0.717) is 0 Å². The normalized spacial score (nSPS) is 21.2. The van der Waals surface area contributed by atoms with E-state index in [0.717, 1.165) is 12.5 Å². The van der Waals surface area contributed by atoms with Crippen LogP contribution in [0.15, 0.2) is 34.2 Å². The first-order valence-corrected chi connectivity index (χ1v) is 6.96. The Morgan fingerprint density at radius 1 is 1.33 bits per heavy atom. The number of thioether (sulfide) groups is 2. The number of aryl methyl sites for hydroxylation is 1. The Bertz CT molecular complexity index is 356. The van der Waals surface area contributed by atoms with Gasteiger partial charge in [0.25, 0.3) is 0 Å². The smallest absolute Gasteiger partial charge is 0.129 e. The van der Waals surface area contributed by atoms with Crippen LogP contribution < -0.4 is 0 Å². The van der Waals surface area contributed by atoms with Crippen molar-refractivity contribution in [2.75, 3.05) is 12.3 Å². The molecular formula is C12H15NS2. The van der Waals surface area contributed by atoms with Gasteiger partial charge < -0.3 is 0 Å². The summed E-state index contributed by atoms with van der Waals surface area (Å²) in [7, 11) is 0. The second-order valence-electron chi connectivity index (χ2n) is 3.94. The number of rotatable bonds is 1. The summed E-state index contributed by atoms with van der Waals surface area (Å²) in [6.45, 7) is 5.36. The van der Waals surface area contributed by atoms with E-state index in [9.17, 15) is 0 Å². The van der Waals surface area contributed by atoms with Crippen molar-refractivity contribution in [2.24, 2.45) is 10.9 Å². The summed E-state index contributed by atoms with van der Waals surface area (Å²) in [6.07, 6.45) is 0. The van der Waals surface area contributed by atoms with E-state index < -0.39 is 0 Å². The average Bonchev–Trinajstić information content (AvgIpc) is 2.25. The molecular weight excluding hydrogens is 222 g/mol. The molecule has 1 aliphatic rings. The molecule has 1 aromatic rings. The molecule has 1 nitrogen and oxygen atoms in total. The molecule has 80 valence electrons. The first-order chi connectivity index (χ1) is 7.24. The van der Waals surface area contributed by atoms with Gasteiger partial charge in [0.15, 0.2) is 0 Å². The van der Waals surface area contributed by atoms with Crippen molar-refractivity contribution >= 4 is 27.9 Å². The molecule has 0 fully saturated rings. The van der Waals surface area contributed by atoms with Gasteiger partial charge in [0.05, 0.1) is 0 Å². The van der Waals surface area contributed by atoms with Gasteiger partial charge >= 0.3 is 0 Å². The van der Waals surface area contributed by atoms with Crippen molar-refractivity contribution in [3.63, 3.8) is 0 Å². The van der Waals surface area contributed by atoms with E-state index in [1.165, 1.54) is 20.6 Å². The number of aliphatic imine (C=N–C) groups is 1. The molecule has 1 heterocycles. The molecule has 1 unspecified atom stereocenters. The molecule has 0 bridgehead atoms. The Labute approximate surface area is 99.8 Å². The quantitative estimate of drug-likeness (QED) is 0.736. The SMILES string of the molecule is Cc1ccc(SC2=NCC(C)CS2)cc1. The number of hydrogen-bond donors (Lipinski definition) is 0. The summed E-state index contributed by atoms with van der Waals surface area (Å²) in [5, 5.41) is 0. The molecule has 0 saturated heterocycles. The highest BCUT2D eigenvalue weighted by Crippen LogP contribution is 2.30. The lowest BCUT2D eigenvalue weighted by atomic mass is 10.2. The Morgan fingerprint density at radius 3 is 2.67 bits per heavy atom. The van der Waals surface area contributed by atoms with Crippen LogP contribution in [-0.2, 0) is 0 Å². The topological polar surface area (TPSA) is 12.4 Å². The lowest BCUT2D eigenvalue weighted by Gasteiger charge is -2.16. The summed E-state index contributed by atoms with van der Waals surface area (Å²) < 4.78 is 1.22. The van der Waals surface area contributed by atoms with Crippen molar-refractivity contribution in [2.45, 2.75) is 18.7 Å². The second-order valence-corrected chi connectivity index (χ2v) is 6.27. The third kappa shape index (κ3) is 3.28. The number of hydrogen-bond acceptors (Lipinski definition) is 3. The van der Waals surface area contributed by atoms with Crippen LogP contribution in [-0.4, -0.2) is 16.7 Å². The molecule has 0 amide bonds. The van der Waals surface area contributed by atoms with E-state index in [-0.39, 0.29) is 0 Å². The first kappa shape index (κ1) is 11.1. The minimum atomic E-state index is 0.734. The zero-order valence-electron chi connectivity index (χ0n) is 9.06. The zero-order chi connectivity index (χ0) is 10.7. The highest BCUT2D eigenvalue weighted by atomic mass is 32.2. The largest absolute Gasteiger partial charge is 0.271 e. The maximum absolute atomic E-state index is 4.57. The number of benzene rings is 1. The second kappa shape index (κ2) is 5.08. The van der Waals surface area contributed by atoms with Crippen LogP contribution in [0.1, 0.15) is 12.5 Å². The van der Waals surface area contributed by atoms with Crippen molar-refractivity contribution in [3.8, 4) is 0 Å². The van der Waals surface area contributed by atoms with Gasteiger partial charge in [0.2, 0.25) is 0 Å². The number of nitrogens with zero attached hydrogens (tertiary/aromatic N) is 1. The summed E-state index contributed by atoms with van der Waals surface area (Å²) in [5.41, 5.74) is 1.31. The predicted octanol–water partition coefficient (Wildman–Crippen LogP) is 3.83. The molecule has 0 radical (unpaired) electrons. The molecule has 0 N–H and O–H groups in total. The molecule has 0 aliphatic carbocycles. The van der Waals surface area contributed by atoms with E-state index in [1.807, 2.05) is 11.8 Å². The molecule has 2 rings (SSSR count). The summed E-state index contributed by atoms with van der Waals surface area (Å²) in [4.78, 5) is 5.86. The van der Waals surface area contributed by atoms with Gasteiger partial charge in [-0.15, -0.1) is 0 Å². The van der Waals surface area contributed by atoms with Gasteiger partial charge in [-0.2, -0.15) is 0 Å². The van der Waals surface area contributed by atoms with E-state index in [1.54, 1.807) is 11.8 Å². The summed E-state index contributed by atoms with van der Waals surface area (Å²) in [5.74, 6) is 1.94. The minimum absolute atomic E-state index is 0.734. The van der Waals surface area contributed by atoms with Crippen LogP contribution >= 0.6 is 23.5 Å². The Morgan fingerprint density at radius 2 is 2.07 bits per heavy atom. The summed E-state index contributed by atoms with van der Waals surface area (Å²) in [6, 6.07) is 8.64. The highest BCUT2D eigenvalue weighted by molar-refractivity contribution is 8.38. The third-order valence-electron chi connectivity index (χ3n) is 2.25. The predicted molar refractivity (Wildman–Crippen MR) is 71.0 cm³/mol. The van der Waals surface area contributed by atoms with Crippen molar-refractivity contribution in [1.29, 1.82) is 0 Å². The molecule has 3 heteroatoms. The van der Waals surface area contributed by atoms with Crippen LogP contribution in [0.5, 0.6) is 0 Å².